The van der Waals surface area contributed by atoms with Gasteiger partial charge in [-0.05, 0) is 78.6 Å². The molecule has 1 aliphatic carbocycles. The Balaban J connectivity index is 1.53. The molecule has 33 heavy (non-hydrogen) atoms. The molecule has 1 saturated carbocycles. The molecule has 1 heterocycles. The van der Waals surface area contributed by atoms with Gasteiger partial charge in [0, 0.05) is 29.4 Å². The van der Waals surface area contributed by atoms with Gasteiger partial charge < -0.3 is 5.32 Å². The van der Waals surface area contributed by atoms with Gasteiger partial charge in [0.1, 0.15) is 5.82 Å². The first-order chi connectivity index (χ1) is 16.0. The highest BCUT2D eigenvalue weighted by Crippen LogP contribution is 2.40. The van der Waals surface area contributed by atoms with Gasteiger partial charge in [-0.3, -0.25) is 9.79 Å². The molecule has 2 aliphatic rings. The van der Waals surface area contributed by atoms with Crippen LogP contribution in [-0.2, 0) is 5.41 Å². The number of carbonyl (C=O) groups excluding carboxylic acids is 1. The molecule has 0 spiro atoms. The fourth-order valence-corrected chi connectivity index (χ4v) is 4.75. The lowest BCUT2D eigenvalue weighted by Crippen LogP contribution is -2.27. The third-order valence-corrected chi connectivity index (χ3v) is 6.72. The van der Waals surface area contributed by atoms with E-state index < -0.39 is 0 Å². The quantitative estimate of drug-likeness (QED) is 0.435. The summed E-state index contributed by atoms with van der Waals surface area (Å²) < 4.78 is 13.3. The monoisotopic (exact) mass is 442 g/mol. The molecule has 0 bridgehead atoms. The van der Waals surface area contributed by atoms with Gasteiger partial charge in [0.15, 0.2) is 0 Å². The molecule has 0 unspecified atom stereocenters. The molecule has 0 saturated heterocycles. The summed E-state index contributed by atoms with van der Waals surface area (Å²) in [7, 11) is 0. The number of hydrogen-bond donors (Lipinski definition) is 1. The standard InChI is InChI=1S/C29H31FN2O/c1-29(16-3-2-4-17-29)27-14-11-25(28(33)32-18-5-6-23-15-19-31-21-23)20-24(27)10-7-22-8-12-26(30)13-9-22/h8-9,11-15,20-21H,2-6,16-19H2,1H3,(H,32,33). The summed E-state index contributed by atoms with van der Waals surface area (Å²) in [6, 6.07) is 12.2. The third kappa shape index (κ3) is 5.99. The average molecular weight is 443 g/mol. The summed E-state index contributed by atoms with van der Waals surface area (Å²) in [6.45, 7) is 3.71. The summed E-state index contributed by atoms with van der Waals surface area (Å²) in [4.78, 5) is 17.0. The molecular weight excluding hydrogens is 411 g/mol. The maximum Gasteiger partial charge on any atom is 0.251 e. The van der Waals surface area contributed by atoms with Crippen LogP contribution < -0.4 is 5.32 Å². The van der Waals surface area contributed by atoms with E-state index in [0.29, 0.717) is 12.1 Å². The van der Waals surface area contributed by atoms with Crippen molar-refractivity contribution in [2.45, 2.75) is 57.3 Å². The maximum absolute atomic E-state index is 13.3. The van der Waals surface area contributed by atoms with Crippen molar-refractivity contribution in [2.75, 3.05) is 13.1 Å². The molecule has 4 heteroatoms. The summed E-state index contributed by atoms with van der Waals surface area (Å²) in [5.74, 6) is 6.12. The highest BCUT2D eigenvalue weighted by atomic mass is 19.1. The van der Waals surface area contributed by atoms with Crippen LogP contribution in [0.15, 0.2) is 59.1 Å². The normalized spacial score (nSPS) is 16.6. The van der Waals surface area contributed by atoms with Gasteiger partial charge in [-0.25, -0.2) is 4.39 Å². The van der Waals surface area contributed by atoms with Crippen LogP contribution in [0.3, 0.4) is 0 Å². The van der Waals surface area contributed by atoms with Crippen molar-refractivity contribution in [1.29, 1.82) is 0 Å². The molecular formula is C29H31FN2O. The number of aliphatic imine (C=N–C) groups is 1. The molecule has 0 radical (unpaired) electrons. The van der Waals surface area contributed by atoms with E-state index in [0.717, 1.165) is 43.4 Å². The molecule has 1 aliphatic heterocycles. The molecule has 0 aromatic heterocycles. The number of carbonyl (C=O) groups is 1. The summed E-state index contributed by atoms with van der Waals surface area (Å²) in [5.41, 5.74) is 4.80. The van der Waals surface area contributed by atoms with Gasteiger partial charge in [0.2, 0.25) is 0 Å². The van der Waals surface area contributed by atoms with Crippen molar-refractivity contribution < 1.29 is 9.18 Å². The summed E-state index contributed by atoms with van der Waals surface area (Å²) in [5, 5.41) is 3.04. The lowest BCUT2D eigenvalue weighted by Gasteiger charge is -2.35. The minimum atomic E-state index is -0.272. The number of amides is 1. The third-order valence-electron chi connectivity index (χ3n) is 6.72. The van der Waals surface area contributed by atoms with Crippen LogP contribution in [0.5, 0.6) is 0 Å². The fraction of sp³-hybridized carbons (Fsp3) is 0.379. The first-order valence-corrected chi connectivity index (χ1v) is 11.9. The molecule has 1 amide bonds. The fourth-order valence-electron chi connectivity index (χ4n) is 4.75. The van der Waals surface area contributed by atoms with Crippen molar-refractivity contribution in [1.82, 2.24) is 5.32 Å². The van der Waals surface area contributed by atoms with Gasteiger partial charge in [-0.2, -0.15) is 0 Å². The number of hydrogen-bond acceptors (Lipinski definition) is 2. The van der Waals surface area contributed by atoms with E-state index in [9.17, 15) is 9.18 Å². The van der Waals surface area contributed by atoms with Crippen LogP contribution in [-0.4, -0.2) is 25.2 Å². The van der Waals surface area contributed by atoms with Crippen LogP contribution in [0, 0.1) is 17.7 Å². The summed E-state index contributed by atoms with van der Waals surface area (Å²) >= 11 is 0. The van der Waals surface area contributed by atoms with Gasteiger partial charge in [0.25, 0.3) is 5.91 Å². The second-order valence-corrected chi connectivity index (χ2v) is 9.27. The highest BCUT2D eigenvalue weighted by Gasteiger charge is 2.30. The minimum absolute atomic E-state index is 0.0661. The Morgan fingerprint density at radius 3 is 2.61 bits per heavy atom. The summed E-state index contributed by atoms with van der Waals surface area (Å²) in [6.07, 6.45) is 11.8. The average Bonchev–Trinajstić information content (AvgIpc) is 3.35. The van der Waals surface area contributed by atoms with Crippen molar-refractivity contribution in [3.05, 3.63) is 82.2 Å². The molecule has 4 rings (SSSR count). The smallest absolute Gasteiger partial charge is 0.251 e. The van der Waals surface area contributed by atoms with Crippen molar-refractivity contribution in [3.63, 3.8) is 0 Å². The van der Waals surface area contributed by atoms with Crippen molar-refractivity contribution >= 4 is 12.1 Å². The zero-order valence-electron chi connectivity index (χ0n) is 19.3. The van der Waals surface area contributed by atoms with Gasteiger partial charge in [-0.15, -0.1) is 0 Å². The number of nitrogens with zero attached hydrogens (tertiary/aromatic N) is 1. The van der Waals surface area contributed by atoms with E-state index in [1.807, 2.05) is 18.3 Å². The minimum Gasteiger partial charge on any atom is -0.352 e. The number of benzene rings is 2. The Morgan fingerprint density at radius 2 is 1.88 bits per heavy atom. The molecule has 3 nitrogen and oxygen atoms in total. The maximum atomic E-state index is 13.3. The first-order valence-electron chi connectivity index (χ1n) is 11.9. The number of nitrogens with one attached hydrogen (secondary N) is 1. The van der Waals surface area contributed by atoms with Gasteiger partial charge in [-0.1, -0.05) is 50.2 Å². The zero-order chi connectivity index (χ0) is 23.1. The zero-order valence-corrected chi connectivity index (χ0v) is 19.3. The van der Waals surface area contributed by atoms with Crippen molar-refractivity contribution in [3.8, 4) is 11.8 Å². The Morgan fingerprint density at radius 1 is 1.09 bits per heavy atom. The number of halogens is 1. The van der Waals surface area contributed by atoms with Crippen LogP contribution in [0.25, 0.3) is 0 Å². The van der Waals surface area contributed by atoms with Crippen LogP contribution in [0.2, 0.25) is 0 Å². The molecule has 2 aromatic carbocycles. The van der Waals surface area contributed by atoms with E-state index in [-0.39, 0.29) is 17.1 Å². The van der Waals surface area contributed by atoms with Gasteiger partial charge >= 0.3 is 0 Å². The lowest BCUT2D eigenvalue weighted by atomic mass is 9.69. The predicted octanol–water partition coefficient (Wildman–Crippen LogP) is 5.97. The van der Waals surface area contributed by atoms with Crippen LogP contribution in [0.4, 0.5) is 4.39 Å². The Labute approximate surface area is 196 Å². The van der Waals surface area contributed by atoms with Gasteiger partial charge in [0.05, 0.1) is 6.54 Å². The molecule has 1 fully saturated rings. The van der Waals surface area contributed by atoms with E-state index in [4.69, 9.17) is 0 Å². The topological polar surface area (TPSA) is 41.5 Å². The van der Waals surface area contributed by atoms with Crippen LogP contribution in [0.1, 0.15) is 78.9 Å². The largest absolute Gasteiger partial charge is 0.352 e. The number of allylic oxidation sites excluding steroid dienone is 1. The van der Waals surface area contributed by atoms with Crippen molar-refractivity contribution in [2.24, 2.45) is 4.99 Å². The predicted molar refractivity (Wildman–Crippen MR) is 132 cm³/mol. The lowest BCUT2D eigenvalue weighted by molar-refractivity contribution is 0.0953. The SMILES string of the molecule is CC1(c2ccc(C(=O)NCCCC3=CCN=C3)cc2C#Cc2ccc(F)cc2)CCCCC1. The number of rotatable bonds is 6. The molecule has 170 valence electrons. The van der Waals surface area contributed by atoms with E-state index in [2.05, 4.69) is 41.2 Å². The van der Waals surface area contributed by atoms with E-state index >= 15 is 0 Å². The van der Waals surface area contributed by atoms with E-state index in [1.54, 1.807) is 12.1 Å². The second kappa shape index (κ2) is 10.6. The van der Waals surface area contributed by atoms with Crippen LogP contribution >= 0.6 is 0 Å². The first kappa shape index (κ1) is 23.0. The molecule has 0 atom stereocenters. The molecule has 2 aromatic rings. The Hall–Kier alpha value is -3.19. The van der Waals surface area contributed by atoms with E-state index in [1.165, 1.54) is 42.5 Å². The second-order valence-electron chi connectivity index (χ2n) is 9.27. The Kier molecular flexibility index (Phi) is 7.40. The molecule has 1 N–H and O–H groups in total. The highest BCUT2D eigenvalue weighted by molar-refractivity contribution is 5.94. The Bertz CT molecular complexity index is 1110.